The smallest absolute Gasteiger partial charge is 0.243 e. The van der Waals surface area contributed by atoms with Gasteiger partial charge in [0.25, 0.3) is 0 Å². The third kappa shape index (κ3) is 5.70. The van der Waals surface area contributed by atoms with Crippen molar-refractivity contribution < 1.29 is 17.9 Å². The van der Waals surface area contributed by atoms with Crippen LogP contribution in [-0.2, 0) is 10.0 Å². The molecule has 1 aromatic carbocycles. The van der Waals surface area contributed by atoms with Crippen LogP contribution in [0.15, 0.2) is 49.1 Å². The predicted molar refractivity (Wildman–Crippen MR) is 149 cm³/mol. The third-order valence-electron chi connectivity index (χ3n) is 6.47. The van der Waals surface area contributed by atoms with Gasteiger partial charge in [0.05, 0.1) is 19.5 Å². The second kappa shape index (κ2) is 11.4. The molecule has 0 amide bonds. The third-order valence-corrected chi connectivity index (χ3v) is 8.21. The maximum atomic E-state index is 13.9. The molecule has 0 unspecified atom stereocenters. The van der Waals surface area contributed by atoms with E-state index < -0.39 is 21.2 Å². The predicted octanol–water partition coefficient (Wildman–Crippen LogP) is 4.32. The fraction of sp³-hybridized carbons (Fsp3) is 0.370. The number of nitrogens with zero attached hydrogens (tertiary/aromatic N) is 6. The monoisotopic (exact) mass is 551 g/mol. The van der Waals surface area contributed by atoms with Crippen molar-refractivity contribution in [3.63, 3.8) is 0 Å². The highest BCUT2D eigenvalue weighted by Gasteiger charge is 2.36. The lowest BCUT2D eigenvalue weighted by molar-refractivity contribution is 0.391. The SMILES string of the molecule is COc1cccc(OC)c1-n1c(NS(=O)(=O)[C@@H](C)[C@H](c2ncc(C)cn2)C(C)C)nnc1-c1cncc(C)c1. The number of para-hydroxylation sites is 1. The highest BCUT2D eigenvalue weighted by atomic mass is 32.2. The van der Waals surface area contributed by atoms with Gasteiger partial charge in [0, 0.05) is 36.3 Å². The number of aryl methyl sites for hydroxylation is 2. The van der Waals surface area contributed by atoms with Crippen molar-refractivity contribution in [3.8, 4) is 28.6 Å². The molecule has 0 radical (unpaired) electrons. The number of ether oxygens (including phenoxy) is 2. The Bertz CT molecular complexity index is 1530. The number of pyridine rings is 1. The Labute approximate surface area is 228 Å². The molecule has 0 fully saturated rings. The van der Waals surface area contributed by atoms with Crippen molar-refractivity contribution >= 4 is 16.0 Å². The normalized spacial score (nSPS) is 13.2. The van der Waals surface area contributed by atoms with E-state index in [4.69, 9.17) is 9.47 Å². The van der Waals surface area contributed by atoms with Crippen molar-refractivity contribution in [2.45, 2.75) is 45.8 Å². The first-order valence-electron chi connectivity index (χ1n) is 12.5. The van der Waals surface area contributed by atoms with E-state index in [2.05, 4.69) is 29.9 Å². The number of aromatic nitrogens is 6. The van der Waals surface area contributed by atoms with E-state index in [-0.39, 0.29) is 11.9 Å². The molecule has 2 atom stereocenters. The van der Waals surface area contributed by atoms with Gasteiger partial charge in [0.1, 0.15) is 23.0 Å². The van der Waals surface area contributed by atoms with Crippen LogP contribution >= 0.6 is 0 Å². The van der Waals surface area contributed by atoms with Gasteiger partial charge in [-0.1, -0.05) is 19.9 Å². The summed E-state index contributed by atoms with van der Waals surface area (Å²) in [4.78, 5) is 13.1. The number of nitrogens with one attached hydrogen (secondary N) is 1. The van der Waals surface area contributed by atoms with Crippen LogP contribution < -0.4 is 14.2 Å². The fourth-order valence-electron chi connectivity index (χ4n) is 4.52. The quantitative estimate of drug-likeness (QED) is 0.306. The molecule has 0 saturated heterocycles. The Kier molecular flexibility index (Phi) is 8.14. The number of methoxy groups -OCH3 is 2. The van der Waals surface area contributed by atoms with Crippen LogP contribution in [0.5, 0.6) is 11.5 Å². The van der Waals surface area contributed by atoms with E-state index >= 15 is 0 Å². The molecule has 4 rings (SSSR count). The molecule has 0 aliphatic rings. The van der Waals surface area contributed by atoms with E-state index in [1.807, 2.05) is 33.8 Å². The molecular weight excluding hydrogens is 518 g/mol. The van der Waals surface area contributed by atoms with Gasteiger partial charge in [0.2, 0.25) is 16.0 Å². The average molecular weight is 552 g/mol. The lowest BCUT2D eigenvalue weighted by atomic mass is 9.92. The lowest BCUT2D eigenvalue weighted by Crippen LogP contribution is -2.35. The molecule has 12 heteroatoms. The van der Waals surface area contributed by atoms with Crippen LogP contribution in [0, 0.1) is 19.8 Å². The maximum absolute atomic E-state index is 13.9. The first-order valence-corrected chi connectivity index (χ1v) is 14.0. The zero-order valence-electron chi connectivity index (χ0n) is 23.1. The van der Waals surface area contributed by atoms with Gasteiger partial charge < -0.3 is 9.47 Å². The zero-order valence-corrected chi connectivity index (χ0v) is 23.9. The van der Waals surface area contributed by atoms with E-state index in [1.54, 1.807) is 54.5 Å². The van der Waals surface area contributed by atoms with Gasteiger partial charge in [-0.3, -0.25) is 14.3 Å². The minimum atomic E-state index is -4.01. The van der Waals surface area contributed by atoms with E-state index in [9.17, 15) is 8.42 Å². The fourth-order valence-corrected chi connectivity index (χ4v) is 5.91. The minimum Gasteiger partial charge on any atom is -0.494 e. The molecule has 0 aliphatic carbocycles. The van der Waals surface area contributed by atoms with Crippen LogP contribution in [0.1, 0.15) is 43.6 Å². The van der Waals surface area contributed by atoms with Gasteiger partial charge >= 0.3 is 0 Å². The first kappa shape index (κ1) is 28.0. The Balaban J connectivity index is 1.86. The highest BCUT2D eigenvalue weighted by Crippen LogP contribution is 2.38. The van der Waals surface area contributed by atoms with Crippen molar-refractivity contribution in [1.82, 2.24) is 29.7 Å². The molecule has 206 valence electrons. The number of hydrogen-bond donors (Lipinski definition) is 1. The van der Waals surface area contributed by atoms with Crippen molar-refractivity contribution in [3.05, 3.63) is 66.0 Å². The van der Waals surface area contributed by atoms with Gasteiger partial charge in [-0.25, -0.2) is 18.4 Å². The topological polar surface area (TPSA) is 134 Å². The molecular formula is C27H33N7O4S. The summed E-state index contributed by atoms with van der Waals surface area (Å²) in [6.45, 7) is 9.34. The lowest BCUT2D eigenvalue weighted by Gasteiger charge is -2.26. The van der Waals surface area contributed by atoms with Crippen LogP contribution in [0.2, 0.25) is 0 Å². The summed E-state index contributed by atoms with van der Waals surface area (Å²) in [5.74, 6) is 1.17. The van der Waals surface area contributed by atoms with Crippen molar-refractivity contribution in [1.29, 1.82) is 0 Å². The van der Waals surface area contributed by atoms with Gasteiger partial charge in [-0.15, -0.1) is 10.2 Å². The van der Waals surface area contributed by atoms with Crippen LogP contribution in [0.25, 0.3) is 17.1 Å². The Morgan fingerprint density at radius 2 is 1.54 bits per heavy atom. The number of anilines is 1. The summed E-state index contributed by atoms with van der Waals surface area (Å²) >= 11 is 0. The Morgan fingerprint density at radius 1 is 0.897 bits per heavy atom. The standard InChI is InChI=1S/C27H33N7O4S/c1-16(2)23(25-29-13-18(4)14-30-25)19(5)39(35,36)33-27-32-31-26(20-11-17(3)12-28-15-20)34(27)24-21(37-6)9-8-10-22(24)38-7/h8-16,19,23H,1-7H3,(H,32,33)/t19-,23+/m0/s1. The molecule has 0 bridgehead atoms. The van der Waals surface area contributed by atoms with E-state index in [0.29, 0.717) is 34.4 Å². The highest BCUT2D eigenvalue weighted by molar-refractivity contribution is 7.93. The summed E-state index contributed by atoms with van der Waals surface area (Å²) in [5, 5.41) is 7.72. The summed E-state index contributed by atoms with van der Waals surface area (Å²) in [5.41, 5.74) is 2.88. The molecule has 0 spiro atoms. The van der Waals surface area contributed by atoms with Crippen LogP contribution in [-0.4, -0.2) is 57.6 Å². The molecule has 4 aromatic rings. The van der Waals surface area contributed by atoms with Gasteiger partial charge in [-0.2, -0.15) is 0 Å². The number of rotatable bonds is 10. The van der Waals surface area contributed by atoms with E-state index in [0.717, 1.165) is 11.1 Å². The molecule has 0 aliphatic heterocycles. The van der Waals surface area contributed by atoms with Gasteiger partial charge in [-0.05, 0) is 56.0 Å². The molecule has 39 heavy (non-hydrogen) atoms. The Hall–Kier alpha value is -4.06. The summed E-state index contributed by atoms with van der Waals surface area (Å²) < 4.78 is 43.2. The summed E-state index contributed by atoms with van der Waals surface area (Å²) in [6.07, 6.45) is 6.74. The molecule has 3 aromatic heterocycles. The van der Waals surface area contributed by atoms with Crippen molar-refractivity contribution in [2.24, 2.45) is 5.92 Å². The zero-order chi connectivity index (χ0) is 28.3. The second-order valence-electron chi connectivity index (χ2n) is 9.69. The summed E-state index contributed by atoms with van der Waals surface area (Å²) in [6, 6.07) is 7.17. The largest absolute Gasteiger partial charge is 0.494 e. The molecule has 11 nitrogen and oxygen atoms in total. The summed E-state index contributed by atoms with van der Waals surface area (Å²) in [7, 11) is -0.963. The first-order chi connectivity index (χ1) is 18.6. The van der Waals surface area contributed by atoms with Gasteiger partial charge in [0.15, 0.2) is 5.82 Å². The molecule has 0 saturated carbocycles. The molecule has 3 heterocycles. The number of hydrogen-bond acceptors (Lipinski definition) is 9. The Morgan fingerprint density at radius 3 is 2.10 bits per heavy atom. The van der Waals surface area contributed by atoms with Crippen LogP contribution in [0.4, 0.5) is 5.95 Å². The maximum Gasteiger partial charge on any atom is 0.243 e. The van der Waals surface area contributed by atoms with Crippen molar-refractivity contribution in [2.75, 3.05) is 18.9 Å². The van der Waals surface area contributed by atoms with Crippen LogP contribution in [0.3, 0.4) is 0 Å². The average Bonchev–Trinajstić information content (AvgIpc) is 3.31. The second-order valence-corrected chi connectivity index (χ2v) is 11.7. The number of sulfonamides is 1. The van der Waals surface area contributed by atoms with E-state index in [1.165, 1.54) is 14.2 Å². The number of benzene rings is 1. The molecule has 1 N–H and O–H groups in total. The minimum absolute atomic E-state index is 0.0199.